The molecule has 5 rings (SSSR count). The number of pyridine rings is 1. The molecule has 0 aliphatic carbocycles. The number of carbonyl (C=O) groups is 1. The average Bonchev–Trinajstić information content (AvgIpc) is 3.59. The monoisotopic (exact) mass is 696 g/mol. The van der Waals surface area contributed by atoms with Crippen LogP contribution in [0.25, 0.3) is 5.65 Å². The van der Waals surface area contributed by atoms with E-state index in [1.165, 1.54) is 12.4 Å². The van der Waals surface area contributed by atoms with Gasteiger partial charge in [0.2, 0.25) is 5.91 Å². The van der Waals surface area contributed by atoms with E-state index in [0.717, 1.165) is 35.2 Å². The van der Waals surface area contributed by atoms with Crippen LogP contribution >= 0.6 is 0 Å². The van der Waals surface area contributed by atoms with Gasteiger partial charge in [0.05, 0.1) is 23.0 Å². The van der Waals surface area contributed by atoms with Crippen LogP contribution in [0.3, 0.4) is 0 Å². The minimum Gasteiger partial charge on any atom is -0.488 e. The summed E-state index contributed by atoms with van der Waals surface area (Å²) >= 11 is 0. The van der Waals surface area contributed by atoms with Crippen molar-refractivity contribution < 1.29 is 18.7 Å². The van der Waals surface area contributed by atoms with E-state index in [-0.39, 0.29) is 17.6 Å². The zero-order chi connectivity index (χ0) is 36.5. The molecule has 51 heavy (non-hydrogen) atoms. The number of morpholine rings is 1. The minimum absolute atomic E-state index is 0.00917. The number of hydrogen-bond acceptors (Lipinski definition) is 8. The number of anilines is 1. The Labute approximate surface area is 300 Å². The molecule has 12 heteroatoms. The number of piperazine rings is 1. The predicted octanol–water partition coefficient (Wildman–Crippen LogP) is 6.88. The molecule has 2 aromatic heterocycles. The smallest absolute Gasteiger partial charge is 0.246 e. The van der Waals surface area contributed by atoms with Crippen LogP contribution in [0, 0.1) is 12.7 Å². The van der Waals surface area contributed by atoms with E-state index in [1.807, 2.05) is 69.8 Å². The molecule has 0 spiro atoms. The highest BCUT2D eigenvalue weighted by molar-refractivity contribution is 6.12. The molecule has 3 aromatic rings. The number of ether oxygens (including phenoxy) is 2. The molecule has 1 unspecified atom stereocenters. The van der Waals surface area contributed by atoms with E-state index in [4.69, 9.17) is 14.5 Å². The molecular weight excluding hydrogens is 647 g/mol. The Morgan fingerprint density at radius 2 is 2.02 bits per heavy atom. The van der Waals surface area contributed by atoms with Gasteiger partial charge in [0.1, 0.15) is 36.1 Å². The van der Waals surface area contributed by atoms with Crippen LogP contribution in [0.15, 0.2) is 101 Å². The highest BCUT2D eigenvalue weighted by atomic mass is 19.1. The molecule has 11 nitrogen and oxygen atoms in total. The molecular formula is C39H49FN8O3. The molecule has 4 heterocycles. The van der Waals surface area contributed by atoms with E-state index in [9.17, 15) is 4.79 Å². The van der Waals surface area contributed by atoms with Gasteiger partial charge in [-0.3, -0.25) is 4.79 Å². The van der Waals surface area contributed by atoms with Crippen molar-refractivity contribution in [1.29, 1.82) is 0 Å². The number of aromatic nitrogens is 3. The summed E-state index contributed by atoms with van der Waals surface area (Å²) in [6, 6.07) is 6.59. The lowest BCUT2D eigenvalue weighted by atomic mass is 9.98. The first-order valence-electron chi connectivity index (χ1n) is 17.5. The molecule has 2 aliphatic rings. The SMILES string of the molecule is C\C=C(C)/C(C(=N/C=C/CC)/Nc1cc(C)c(Oc2ccn3ncnc3c2)cc1F)=C1/OCC2CN(C(=O)/C=C/CN(C)C)CCN2/C1=C\CC. The van der Waals surface area contributed by atoms with Crippen molar-refractivity contribution in [1.82, 2.24) is 29.3 Å². The number of carbonyl (C=O) groups excluding carboxylic acids is 1. The lowest BCUT2D eigenvalue weighted by molar-refractivity contribution is -0.129. The van der Waals surface area contributed by atoms with E-state index in [2.05, 4.69) is 33.3 Å². The van der Waals surface area contributed by atoms with Crippen molar-refractivity contribution in [3.8, 4) is 11.5 Å². The number of rotatable bonds is 11. The summed E-state index contributed by atoms with van der Waals surface area (Å²) in [6.07, 6.45) is 16.2. The first kappa shape index (κ1) is 37.0. The van der Waals surface area contributed by atoms with Crippen molar-refractivity contribution in [2.45, 2.75) is 53.5 Å². The molecule has 2 aliphatic heterocycles. The van der Waals surface area contributed by atoms with Gasteiger partial charge in [-0.05, 0) is 71.0 Å². The van der Waals surface area contributed by atoms with Crippen LogP contribution in [-0.4, -0.2) is 94.0 Å². The number of likely N-dealkylation sites (N-methyl/N-ethyl adjacent to an activating group) is 1. The number of fused-ring (bicyclic) bond motifs is 2. The molecule has 2 fully saturated rings. The maximum absolute atomic E-state index is 15.9. The molecule has 2 saturated heterocycles. The topological polar surface area (TPSA) is 99.8 Å². The molecule has 0 radical (unpaired) electrons. The summed E-state index contributed by atoms with van der Waals surface area (Å²) in [5, 5.41) is 7.43. The summed E-state index contributed by atoms with van der Waals surface area (Å²) in [6.45, 7) is 12.9. The molecule has 0 saturated carbocycles. The van der Waals surface area contributed by atoms with Gasteiger partial charge in [-0.15, -0.1) is 0 Å². The van der Waals surface area contributed by atoms with Crippen molar-refractivity contribution in [3.05, 3.63) is 107 Å². The van der Waals surface area contributed by atoms with Gasteiger partial charge < -0.3 is 29.5 Å². The van der Waals surface area contributed by atoms with Crippen molar-refractivity contribution in [2.24, 2.45) is 4.99 Å². The number of nitrogens with zero attached hydrogens (tertiary/aromatic N) is 7. The third-order valence-electron chi connectivity index (χ3n) is 8.72. The standard InChI is InChI=1S/C39H49FN8O3/c1-8-11-16-41-39(44-32-21-28(5)34(23-31(32)40)51-30-15-18-48-35(22-30)42-26-43-48)37(27(4)10-3)38-33(13-9-2)47-20-19-46(24-29(47)25-50-38)36(49)14-12-17-45(6)7/h10-16,18,21-23,26,29H,8-9,17,19-20,24-25H2,1-7H3,(H,41,44)/b14-12+,16-11+,27-10-,33-13-,38-37-. The number of nitrogens with one attached hydrogen (secondary N) is 1. The lowest BCUT2D eigenvalue weighted by Crippen LogP contribution is -2.57. The summed E-state index contributed by atoms with van der Waals surface area (Å²) in [5.74, 6) is 1.55. The Morgan fingerprint density at radius 1 is 1.20 bits per heavy atom. The molecule has 270 valence electrons. The molecule has 0 bridgehead atoms. The van der Waals surface area contributed by atoms with Gasteiger partial charge in [0.25, 0.3) is 0 Å². The van der Waals surface area contributed by atoms with E-state index < -0.39 is 5.82 Å². The second kappa shape index (κ2) is 17.1. The first-order chi connectivity index (χ1) is 24.6. The van der Waals surface area contributed by atoms with Crippen molar-refractivity contribution in [3.63, 3.8) is 0 Å². The van der Waals surface area contributed by atoms with Gasteiger partial charge >= 0.3 is 0 Å². The average molecular weight is 697 g/mol. The van der Waals surface area contributed by atoms with Gasteiger partial charge in [0, 0.05) is 56.8 Å². The number of aliphatic imine (C=N–C) groups is 1. The Bertz CT molecular complexity index is 1900. The van der Waals surface area contributed by atoms with Crippen molar-refractivity contribution >= 4 is 23.1 Å². The Balaban J connectivity index is 1.47. The summed E-state index contributed by atoms with van der Waals surface area (Å²) in [4.78, 5) is 28.3. The minimum atomic E-state index is -0.497. The molecule has 1 N–H and O–H groups in total. The highest BCUT2D eigenvalue weighted by Crippen LogP contribution is 2.35. The van der Waals surface area contributed by atoms with Crippen LogP contribution in [0.1, 0.15) is 46.1 Å². The molecule has 1 amide bonds. The lowest BCUT2D eigenvalue weighted by Gasteiger charge is -2.47. The van der Waals surface area contributed by atoms with Gasteiger partial charge in [-0.2, -0.15) is 5.10 Å². The number of amides is 1. The van der Waals surface area contributed by atoms with E-state index >= 15 is 4.39 Å². The van der Waals surface area contributed by atoms with Crippen LogP contribution in [0.2, 0.25) is 0 Å². The fourth-order valence-corrected chi connectivity index (χ4v) is 5.97. The van der Waals surface area contributed by atoms with Crippen LogP contribution in [-0.2, 0) is 9.53 Å². The highest BCUT2D eigenvalue weighted by Gasteiger charge is 2.37. The number of halogens is 1. The quantitative estimate of drug-likeness (QED) is 0.132. The van der Waals surface area contributed by atoms with E-state index in [1.54, 1.807) is 41.2 Å². The number of hydrogen-bond donors (Lipinski definition) is 1. The molecule has 1 atom stereocenters. The van der Waals surface area contributed by atoms with Gasteiger partial charge in [-0.1, -0.05) is 38.2 Å². The Hall–Kier alpha value is -5.23. The fourth-order valence-electron chi connectivity index (χ4n) is 5.97. The first-order valence-corrected chi connectivity index (χ1v) is 17.5. The number of amidine groups is 1. The second-order valence-corrected chi connectivity index (χ2v) is 12.8. The molecule has 1 aromatic carbocycles. The number of benzene rings is 1. The normalized spacial score (nSPS) is 19.0. The maximum Gasteiger partial charge on any atom is 0.246 e. The third kappa shape index (κ3) is 8.93. The van der Waals surface area contributed by atoms with Crippen LogP contribution in [0.4, 0.5) is 10.1 Å². The van der Waals surface area contributed by atoms with Crippen molar-refractivity contribution in [2.75, 3.05) is 52.2 Å². The largest absolute Gasteiger partial charge is 0.488 e. The fraction of sp³-hybridized carbons (Fsp3) is 0.385. The Morgan fingerprint density at radius 3 is 2.76 bits per heavy atom. The zero-order valence-electron chi connectivity index (χ0n) is 30.7. The van der Waals surface area contributed by atoms with Crippen LogP contribution in [0.5, 0.6) is 11.5 Å². The third-order valence-corrected chi connectivity index (χ3v) is 8.72. The maximum atomic E-state index is 15.9. The van der Waals surface area contributed by atoms with E-state index in [0.29, 0.717) is 61.5 Å². The zero-order valence-corrected chi connectivity index (χ0v) is 30.7. The number of allylic oxidation sites excluding steroid dienone is 3. The van der Waals surface area contributed by atoms with Gasteiger partial charge in [-0.25, -0.2) is 18.9 Å². The number of aryl methyl sites for hydroxylation is 1. The summed E-state index contributed by atoms with van der Waals surface area (Å²) in [7, 11) is 3.95. The Kier molecular flexibility index (Phi) is 12.4. The van der Waals surface area contributed by atoms with Gasteiger partial charge in [0.15, 0.2) is 11.4 Å². The predicted molar refractivity (Wildman–Crippen MR) is 200 cm³/mol. The summed E-state index contributed by atoms with van der Waals surface area (Å²) in [5.41, 5.74) is 4.21. The summed E-state index contributed by atoms with van der Waals surface area (Å²) < 4.78 is 30.3. The van der Waals surface area contributed by atoms with Crippen LogP contribution < -0.4 is 10.1 Å². The second-order valence-electron chi connectivity index (χ2n) is 12.8.